The Morgan fingerprint density at radius 2 is 1.50 bits per heavy atom. The molecule has 0 heterocycles. The number of carboxylic acid groups (broad SMARTS) is 1. The van der Waals surface area contributed by atoms with E-state index in [0.717, 1.165) is 19.3 Å². The lowest BCUT2D eigenvalue weighted by atomic mass is 10.1. The van der Waals surface area contributed by atoms with Crippen LogP contribution in [0.5, 0.6) is 0 Å². The number of nitrogens with two attached hydrogens (primary N) is 1. The second kappa shape index (κ2) is 10.1. The molecule has 20 heavy (non-hydrogen) atoms. The third-order valence-corrected chi connectivity index (χ3v) is 2.94. The summed E-state index contributed by atoms with van der Waals surface area (Å²) in [6.07, 6.45) is 3.96. The van der Waals surface area contributed by atoms with E-state index in [1.165, 1.54) is 0 Å². The van der Waals surface area contributed by atoms with Crippen LogP contribution in [0.4, 0.5) is 4.79 Å². The normalized spacial score (nSPS) is 13.3. The molecule has 0 aliphatic rings. The van der Waals surface area contributed by atoms with Crippen molar-refractivity contribution in [2.24, 2.45) is 5.73 Å². The predicted molar refractivity (Wildman–Crippen MR) is 75.1 cm³/mol. The number of carbonyl (C=O) groups is 3. The Bertz CT molecular complexity index is 334. The molecule has 0 spiro atoms. The SMILES string of the molecule is CCCCC(NC(=O)C(CCCC)NC(N)=O)C(=O)O. The van der Waals surface area contributed by atoms with Gasteiger partial charge in [-0.1, -0.05) is 39.5 Å². The van der Waals surface area contributed by atoms with Crippen molar-refractivity contribution >= 4 is 17.9 Å². The minimum absolute atomic E-state index is 0.370. The number of rotatable bonds is 10. The highest BCUT2D eigenvalue weighted by Crippen LogP contribution is 2.05. The van der Waals surface area contributed by atoms with Gasteiger partial charge in [-0.2, -0.15) is 0 Å². The summed E-state index contributed by atoms with van der Waals surface area (Å²) in [5.41, 5.74) is 5.03. The second-order valence-corrected chi connectivity index (χ2v) is 4.75. The topological polar surface area (TPSA) is 122 Å². The second-order valence-electron chi connectivity index (χ2n) is 4.75. The van der Waals surface area contributed by atoms with E-state index in [1.807, 2.05) is 13.8 Å². The number of amides is 3. The van der Waals surface area contributed by atoms with Crippen molar-refractivity contribution in [3.63, 3.8) is 0 Å². The number of urea groups is 1. The van der Waals surface area contributed by atoms with Gasteiger partial charge in [0.25, 0.3) is 0 Å². The highest BCUT2D eigenvalue weighted by molar-refractivity contribution is 5.89. The first kappa shape index (κ1) is 18.2. The minimum atomic E-state index is -1.07. The van der Waals surface area contributed by atoms with Crippen molar-refractivity contribution in [1.29, 1.82) is 0 Å². The Morgan fingerprint density at radius 1 is 1.00 bits per heavy atom. The lowest BCUT2D eigenvalue weighted by molar-refractivity contribution is -0.142. The van der Waals surface area contributed by atoms with Crippen LogP contribution in [0.15, 0.2) is 0 Å². The molecule has 0 aromatic rings. The Kier molecular flexibility index (Phi) is 9.15. The Labute approximate surface area is 119 Å². The Balaban J connectivity index is 4.59. The van der Waals surface area contributed by atoms with Crippen molar-refractivity contribution in [2.75, 3.05) is 0 Å². The average molecular weight is 287 g/mol. The van der Waals surface area contributed by atoms with Gasteiger partial charge in [0.05, 0.1) is 0 Å². The van der Waals surface area contributed by atoms with E-state index in [-0.39, 0.29) is 0 Å². The average Bonchev–Trinajstić information content (AvgIpc) is 2.38. The summed E-state index contributed by atoms with van der Waals surface area (Å²) in [5, 5.41) is 13.9. The van der Waals surface area contributed by atoms with Crippen LogP contribution in [0, 0.1) is 0 Å². The van der Waals surface area contributed by atoms with Crippen molar-refractivity contribution in [3.05, 3.63) is 0 Å². The van der Waals surface area contributed by atoms with Crippen LogP contribution in [-0.4, -0.2) is 35.1 Å². The zero-order chi connectivity index (χ0) is 15.5. The Hall–Kier alpha value is -1.79. The standard InChI is InChI=1S/C13H25N3O4/c1-3-5-7-9(16-13(14)20)11(17)15-10(12(18)19)8-6-4-2/h9-10H,3-8H2,1-2H3,(H,15,17)(H,18,19)(H3,14,16,20). The van der Waals surface area contributed by atoms with Crippen molar-refractivity contribution < 1.29 is 19.5 Å². The summed E-state index contributed by atoms with van der Waals surface area (Å²) in [6.45, 7) is 3.90. The number of primary amides is 1. The molecule has 2 unspecified atom stereocenters. The van der Waals surface area contributed by atoms with Crippen LogP contribution in [0.3, 0.4) is 0 Å². The third-order valence-electron chi connectivity index (χ3n) is 2.94. The minimum Gasteiger partial charge on any atom is -0.480 e. The number of hydrogen-bond acceptors (Lipinski definition) is 3. The van der Waals surface area contributed by atoms with E-state index >= 15 is 0 Å². The molecule has 3 amide bonds. The summed E-state index contributed by atoms with van der Waals surface area (Å²) in [5.74, 6) is -1.57. The van der Waals surface area contributed by atoms with E-state index in [1.54, 1.807) is 0 Å². The van der Waals surface area contributed by atoms with Gasteiger partial charge < -0.3 is 21.5 Å². The molecule has 116 valence electrons. The summed E-state index contributed by atoms with van der Waals surface area (Å²) in [7, 11) is 0. The van der Waals surface area contributed by atoms with Gasteiger partial charge in [0.2, 0.25) is 5.91 Å². The zero-order valence-corrected chi connectivity index (χ0v) is 12.1. The van der Waals surface area contributed by atoms with Gasteiger partial charge >= 0.3 is 12.0 Å². The molecular formula is C13H25N3O4. The molecule has 0 aliphatic heterocycles. The largest absolute Gasteiger partial charge is 0.480 e. The maximum Gasteiger partial charge on any atom is 0.326 e. The summed E-state index contributed by atoms with van der Waals surface area (Å²) in [4.78, 5) is 34.0. The lowest BCUT2D eigenvalue weighted by Gasteiger charge is -2.20. The van der Waals surface area contributed by atoms with Crippen LogP contribution in [0.1, 0.15) is 52.4 Å². The van der Waals surface area contributed by atoms with E-state index in [0.29, 0.717) is 19.3 Å². The molecular weight excluding hydrogens is 262 g/mol. The number of hydrogen-bond donors (Lipinski definition) is 4. The molecule has 0 saturated carbocycles. The van der Waals surface area contributed by atoms with Crippen molar-refractivity contribution in [2.45, 2.75) is 64.5 Å². The van der Waals surface area contributed by atoms with Crippen LogP contribution >= 0.6 is 0 Å². The maximum absolute atomic E-state index is 12.0. The number of carboxylic acids is 1. The molecule has 0 bridgehead atoms. The number of nitrogens with one attached hydrogen (secondary N) is 2. The van der Waals surface area contributed by atoms with Crippen LogP contribution in [0.2, 0.25) is 0 Å². The molecule has 2 atom stereocenters. The first-order valence-electron chi connectivity index (χ1n) is 7.01. The third kappa shape index (κ3) is 7.60. The van der Waals surface area contributed by atoms with E-state index in [4.69, 9.17) is 10.8 Å². The lowest BCUT2D eigenvalue weighted by Crippen LogP contribution is -2.52. The van der Waals surface area contributed by atoms with Gasteiger partial charge in [0.15, 0.2) is 0 Å². The van der Waals surface area contributed by atoms with Gasteiger partial charge in [-0.3, -0.25) is 4.79 Å². The molecule has 0 rings (SSSR count). The van der Waals surface area contributed by atoms with Gasteiger partial charge in [-0.05, 0) is 12.8 Å². The van der Waals surface area contributed by atoms with E-state index in [2.05, 4.69) is 10.6 Å². The molecule has 0 radical (unpaired) electrons. The molecule has 5 N–H and O–H groups in total. The maximum atomic E-state index is 12.0. The molecule has 0 aromatic heterocycles. The summed E-state index contributed by atoms with van der Waals surface area (Å²) in [6, 6.07) is -2.50. The van der Waals surface area contributed by atoms with Crippen molar-refractivity contribution in [1.82, 2.24) is 10.6 Å². The molecule has 0 aromatic carbocycles. The fourth-order valence-electron chi connectivity index (χ4n) is 1.79. The van der Waals surface area contributed by atoms with Crippen LogP contribution in [0.25, 0.3) is 0 Å². The molecule has 7 heteroatoms. The van der Waals surface area contributed by atoms with Gasteiger partial charge in [-0.25, -0.2) is 9.59 Å². The van der Waals surface area contributed by atoms with E-state index < -0.39 is 30.0 Å². The van der Waals surface area contributed by atoms with E-state index in [9.17, 15) is 14.4 Å². The highest BCUT2D eigenvalue weighted by Gasteiger charge is 2.25. The zero-order valence-electron chi connectivity index (χ0n) is 12.1. The number of aliphatic carboxylic acids is 1. The molecule has 0 aliphatic carbocycles. The van der Waals surface area contributed by atoms with Crippen molar-refractivity contribution in [3.8, 4) is 0 Å². The number of carbonyl (C=O) groups excluding carboxylic acids is 2. The van der Waals surface area contributed by atoms with Crippen LogP contribution in [-0.2, 0) is 9.59 Å². The van der Waals surface area contributed by atoms with Gasteiger partial charge in [0, 0.05) is 0 Å². The first-order valence-corrected chi connectivity index (χ1v) is 7.01. The summed E-state index contributed by atoms with van der Waals surface area (Å²) < 4.78 is 0. The van der Waals surface area contributed by atoms with Crippen LogP contribution < -0.4 is 16.4 Å². The first-order chi connectivity index (χ1) is 9.42. The molecule has 7 nitrogen and oxygen atoms in total. The van der Waals surface area contributed by atoms with Gasteiger partial charge in [0.1, 0.15) is 12.1 Å². The fourth-order valence-corrected chi connectivity index (χ4v) is 1.79. The quantitative estimate of drug-likeness (QED) is 0.478. The Morgan fingerprint density at radius 3 is 1.90 bits per heavy atom. The number of unbranched alkanes of at least 4 members (excludes halogenated alkanes) is 2. The monoisotopic (exact) mass is 287 g/mol. The smallest absolute Gasteiger partial charge is 0.326 e. The molecule has 0 fully saturated rings. The molecule has 0 saturated heterocycles. The predicted octanol–water partition coefficient (Wildman–Crippen LogP) is 0.973. The van der Waals surface area contributed by atoms with Gasteiger partial charge in [-0.15, -0.1) is 0 Å². The summed E-state index contributed by atoms with van der Waals surface area (Å²) >= 11 is 0. The fraction of sp³-hybridized carbons (Fsp3) is 0.769. The highest BCUT2D eigenvalue weighted by atomic mass is 16.4.